The second-order valence-electron chi connectivity index (χ2n) is 3.83. The van der Waals surface area contributed by atoms with Crippen molar-refractivity contribution in [2.45, 2.75) is 19.9 Å². The minimum absolute atomic E-state index is 0.0328. The van der Waals surface area contributed by atoms with Crippen LogP contribution in [0, 0.1) is 0 Å². The Hall–Kier alpha value is -2.32. The molecule has 1 N–H and O–H groups in total. The number of carbonyl (C=O) groups excluding carboxylic acids is 1. The molecule has 0 aliphatic rings. The van der Waals surface area contributed by atoms with Crippen LogP contribution in [-0.4, -0.2) is 43.5 Å². The average molecular weight is 268 g/mol. The highest BCUT2D eigenvalue weighted by Crippen LogP contribution is 2.02. The van der Waals surface area contributed by atoms with E-state index >= 15 is 0 Å². The Morgan fingerprint density at radius 2 is 2.32 bits per heavy atom. The standard InChI is InChI=1S/C10H13FN6O2/c1-2-4-12-9(18)7-8-14-15-17(5-3-11)10(19)16(8)6-13-7/h6H,2-5H2,1H3,(H,12,18). The number of halogens is 1. The monoisotopic (exact) mass is 268 g/mol. The Morgan fingerprint density at radius 1 is 1.53 bits per heavy atom. The zero-order chi connectivity index (χ0) is 13.8. The Labute approximate surface area is 107 Å². The molecule has 0 aliphatic carbocycles. The summed E-state index contributed by atoms with van der Waals surface area (Å²) in [5.74, 6) is -0.415. The molecule has 19 heavy (non-hydrogen) atoms. The lowest BCUT2D eigenvalue weighted by atomic mass is 10.4. The first-order valence-corrected chi connectivity index (χ1v) is 5.84. The maximum atomic E-state index is 12.2. The fourth-order valence-corrected chi connectivity index (χ4v) is 1.54. The number of nitrogens with one attached hydrogen (secondary N) is 1. The molecule has 0 saturated heterocycles. The maximum Gasteiger partial charge on any atom is 0.353 e. The van der Waals surface area contributed by atoms with Crippen molar-refractivity contribution in [3.8, 4) is 0 Å². The van der Waals surface area contributed by atoms with E-state index in [9.17, 15) is 14.0 Å². The smallest absolute Gasteiger partial charge is 0.351 e. The Kier molecular flexibility index (Phi) is 3.83. The number of amides is 1. The van der Waals surface area contributed by atoms with E-state index in [2.05, 4.69) is 20.6 Å². The van der Waals surface area contributed by atoms with Crippen LogP contribution in [0.1, 0.15) is 23.8 Å². The molecule has 9 heteroatoms. The van der Waals surface area contributed by atoms with E-state index in [0.29, 0.717) is 6.54 Å². The summed E-state index contributed by atoms with van der Waals surface area (Å²) >= 11 is 0. The van der Waals surface area contributed by atoms with Crippen LogP contribution in [0.5, 0.6) is 0 Å². The Morgan fingerprint density at radius 3 is 3.00 bits per heavy atom. The summed E-state index contributed by atoms with van der Waals surface area (Å²) in [6.07, 6.45) is 1.97. The second kappa shape index (κ2) is 5.55. The van der Waals surface area contributed by atoms with Crippen LogP contribution < -0.4 is 11.0 Å². The number of aryl methyl sites for hydroxylation is 1. The fourth-order valence-electron chi connectivity index (χ4n) is 1.54. The van der Waals surface area contributed by atoms with Gasteiger partial charge in [0.1, 0.15) is 13.0 Å². The molecular formula is C10H13FN6O2. The molecule has 0 saturated carbocycles. The van der Waals surface area contributed by atoms with Crippen molar-refractivity contribution in [2.75, 3.05) is 13.2 Å². The fraction of sp³-hybridized carbons (Fsp3) is 0.500. The van der Waals surface area contributed by atoms with Gasteiger partial charge in [-0.05, 0) is 6.42 Å². The molecule has 2 heterocycles. The Bertz CT molecular complexity index is 649. The highest BCUT2D eigenvalue weighted by atomic mass is 19.1. The van der Waals surface area contributed by atoms with E-state index in [1.54, 1.807) is 0 Å². The number of fused-ring (bicyclic) bond motifs is 1. The zero-order valence-corrected chi connectivity index (χ0v) is 10.3. The first kappa shape index (κ1) is 13.1. The van der Waals surface area contributed by atoms with E-state index in [4.69, 9.17) is 0 Å². The van der Waals surface area contributed by atoms with Gasteiger partial charge >= 0.3 is 5.69 Å². The van der Waals surface area contributed by atoms with E-state index < -0.39 is 18.3 Å². The van der Waals surface area contributed by atoms with Gasteiger partial charge < -0.3 is 5.32 Å². The second-order valence-corrected chi connectivity index (χ2v) is 3.83. The molecule has 1 amide bonds. The third kappa shape index (κ3) is 2.44. The lowest BCUT2D eigenvalue weighted by Crippen LogP contribution is -2.31. The summed E-state index contributed by atoms with van der Waals surface area (Å²) in [6, 6.07) is 0. The highest BCUT2D eigenvalue weighted by Gasteiger charge is 2.16. The van der Waals surface area contributed by atoms with Crippen molar-refractivity contribution in [1.82, 2.24) is 29.7 Å². The summed E-state index contributed by atoms with van der Waals surface area (Å²) in [7, 11) is 0. The number of hydrogen-bond donors (Lipinski definition) is 1. The molecule has 0 aliphatic heterocycles. The molecule has 2 aromatic rings. The molecule has 0 spiro atoms. The molecule has 0 fully saturated rings. The summed E-state index contributed by atoms with van der Waals surface area (Å²) < 4.78 is 14.2. The van der Waals surface area contributed by atoms with Gasteiger partial charge in [-0.3, -0.25) is 4.79 Å². The van der Waals surface area contributed by atoms with Gasteiger partial charge in [-0.2, -0.15) is 4.68 Å². The van der Waals surface area contributed by atoms with Crippen molar-refractivity contribution >= 4 is 11.6 Å². The number of rotatable bonds is 5. The highest BCUT2D eigenvalue weighted by molar-refractivity contribution is 5.97. The summed E-state index contributed by atoms with van der Waals surface area (Å²) in [6.45, 7) is 1.52. The van der Waals surface area contributed by atoms with Crippen LogP contribution in [0.3, 0.4) is 0 Å². The van der Waals surface area contributed by atoms with Gasteiger partial charge in [0.2, 0.25) is 0 Å². The molecule has 2 aromatic heterocycles. The number of carbonyl (C=O) groups is 1. The van der Waals surface area contributed by atoms with Gasteiger partial charge in [0.15, 0.2) is 11.3 Å². The molecule has 102 valence electrons. The first-order valence-electron chi connectivity index (χ1n) is 5.84. The van der Waals surface area contributed by atoms with E-state index in [0.717, 1.165) is 15.5 Å². The van der Waals surface area contributed by atoms with Crippen LogP contribution >= 0.6 is 0 Å². The van der Waals surface area contributed by atoms with Gasteiger partial charge in [-0.25, -0.2) is 18.6 Å². The molecule has 0 aromatic carbocycles. The van der Waals surface area contributed by atoms with Crippen LogP contribution in [0.15, 0.2) is 11.1 Å². The number of alkyl halides is 1. The summed E-state index contributed by atoms with van der Waals surface area (Å²) in [5.41, 5.74) is -0.483. The normalized spacial score (nSPS) is 10.8. The Balaban J connectivity index is 2.42. The van der Waals surface area contributed by atoms with Gasteiger partial charge in [0.05, 0.1) is 6.54 Å². The lowest BCUT2D eigenvalue weighted by Gasteiger charge is -2.02. The third-order valence-corrected chi connectivity index (χ3v) is 2.46. The van der Waals surface area contributed by atoms with E-state index in [-0.39, 0.29) is 17.9 Å². The van der Waals surface area contributed by atoms with Crippen LogP contribution in [-0.2, 0) is 6.54 Å². The first-order chi connectivity index (χ1) is 9.19. The van der Waals surface area contributed by atoms with Crippen LogP contribution in [0.2, 0.25) is 0 Å². The summed E-state index contributed by atoms with van der Waals surface area (Å²) in [4.78, 5) is 27.5. The molecule has 2 rings (SSSR count). The topological polar surface area (TPSA) is 94.2 Å². The SMILES string of the molecule is CCCNC(=O)c1ncn2c(=O)n(CCF)nnc12. The quantitative estimate of drug-likeness (QED) is 0.781. The van der Waals surface area contributed by atoms with Crippen LogP contribution in [0.4, 0.5) is 4.39 Å². The van der Waals surface area contributed by atoms with Crippen molar-refractivity contribution in [1.29, 1.82) is 0 Å². The molecule has 0 radical (unpaired) electrons. The van der Waals surface area contributed by atoms with Gasteiger partial charge in [-0.1, -0.05) is 12.1 Å². The van der Waals surface area contributed by atoms with E-state index in [1.165, 1.54) is 6.33 Å². The molecule has 0 atom stereocenters. The lowest BCUT2D eigenvalue weighted by molar-refractivity contribution is 0.0950. The minimum atomic E-state index is -0.724. The largest absolute Gasteiger partial charge is 0.353 e. The van der Waals surface area contributed by atoms with Crippen LogP contribution in [0.25, 0.3) is 5.65 Å². The molecular weight excluding hydrogens is 255 g/mol. The predicted molar refractivity (Wildman–Crippen MR) is 63.6 cm³/mol. The molecule has 8 nitrogen and oxygen atoms in total. The van der Waals surface area contributed by atoms with Gasteiger partial charge in [0.25, 0.3) is 5.91 Å². The van der Waals surface area contributed by atoms with Crippen molar-refractivity contribution in [3.05, 3.63) is 22.5 Å². The summed E-state index contributed by atoms with van der Waals surface area (Å²) in [5, 5.41) is 9.94. The van der Waals surface area contributed by atoms with Crippen molar-refractivity contribution < 1.29 is 9.18 Å². The van der Waals surface area contributed by atoms with Crippen molar-refractivity contribution in [2.24, 2.45) is 0 Å². The van der Waals surface area contributed by atoms with Gasteiger partial charge in [-0.15, -0.1) is 5.10 Å². The average Bonchev–Trinajstić information content (AvgIpc) is 2.84. The number of nitrogens with zero attached hydrogens (tertiary/aromatic N) is 5. The van der Waals surface area contributed by atoms with Crippen molar-refractivity contribution in [3.63, 3.8) is 0 Å². The molecule has 0 unspecified atom stereocenters. The third-order valence-electron chi connectivity index (χ3n) is 2.46. The zero-order valence-electron chi connectivity index (χ0n) is 10.3. The number of hydrogen-bond acceptors (Lipinski definition) is 5. The number of aromatic nitrogens is 5. The predicted octanol–water partition coefficient (Wildman–Crippen LogP) is -0.605. The minimum Gasteiger partial charge on any atom is -0.351 e. The number of imidazole rings is 1. The van der Waals surface area contributed by atoms with E-state index in [1.807, 2.05) is 6.92 Å². The van der Waals surface area contributed by atoms with Gasteiger partial charge in [0, 0.05) is 6.54 Å². The maximum absolute atomic E-state index is 12.2. The molecule has 0 bridgehead atoms.